The summed E-state index contributed by atoms with van der Waals surface area (Å²) in [4.78, 5) is 0. The third kappa shape index (κ3) is 3.07. The van der Waals surface area contributed by atoms with Gasteiger partial charge >= 0.3 is 0 Å². The Bertz CT molecular complexity index is 367. The van der Waals surface area contributed by atoms with Crippen molar-refractivity contribution in [1.82, 2.24) is 0 Å². The van der Waals surface area contributed by atoms with Gasteiger partial charge in [-0.25, -0.2) is 8.78 Å². The zero-order chi connectivity index (χ0) is 13.0. The van der Waals surface area contributed by atoms with Crippen LogP contribution < -0.4 is 4.74 Å². The molecular formula is C10H10F4O3. The van der Waals surface area contributed by atoms with E-state index in [1.807, 2.05) is 0 Å². The molecule has 0 aliphatic carbocycles. The first-order valence-electron chi connectivity index (χ1n) is 4.52. The van der Waals surface area contributed by atoms with Crippen molar-refractivity contribution in [2.75, 3.05) is 20.8 Å². The second kappa shape index (κ2) is 5.83. The van der Waals surface area contributed by atoms with E-state index in [1.54, 1.807) is 0 Å². The summed E-state index contributed by atoms with van der Waals surface area (Å²) >= 11 is 0. The van der Waals surface area contributed by atoms with E-state index in [9.17, 15) is 17.6 Å². The van der Waals surface area contributed by atoms with E-state index in [0.29, 0.717) is 0 Å². The Hall–Kier alpha value is -1.34. The summed E-state index contributed by atoms with van der Waals surface area (Å²) in [5, 5.41) is 0. The topological polar surface area (TPSA) is 27.7 Å². The second-order valence-electron chi connectivity index (χ2n) is 3.01. The van der Waals surface area contributed by atoms with Gasteiger partial charge in [0.2, 0.25) is 11.6 Å². The first-order valence-corrected chi connectivity index (χ1v) is 4.52. The minimum Gasteiger partial charge on any atom is -0.482 e. The van der Waals surface area contributed by atoms with Crippen molar-refractivity contribution >= 4 is 0 Å². The normalized spacial score (nSPS) is 11.0. The van der Waals surface area contributed by atoms with Crippen molar-refractivity contribution in [1.29, 1.82) is 0 Å². The zero-order valence-corrected chi connectivity index (χ0v) is 9.10. The van der Waals surface area contributed by atoms with Crippen molar-refractivity contribution < 1.29 is 31.8 Å². The molecule has 96 valence electrons. The highest BCUT2D eigenvalue weighted by Gasteiger charge is 2.21. The van der Waals surface area contributed by atoms with E-state index in [2.05, 4.69) is 14.2 Å². The smallest absolute Gasteiger partial charge is 0.203 e. The molecule has 0 aliphatic heterocycles. The number of rotatable bonds is 5. The summed E-state index contributed by atoms with van der Waals surface area (Å²) in [6.45, 7) is -0.413. The molecule has 3 nitrogen and oxygen atoms in total. The van der Waals surface area contributed by atoms with Crippen LogP contribution in [-0.2, 0) is 9.47 Å². The van der Waals surface area contributed by atoms with Crippen LogP contribution in [0.4, 0.5) is 17.6 Å². The van der Waals surface area contributed by atoms with E-state index in [0.717, 1.165) is 0 Å². The summed E-state index contributed by atoms with van der Waals surface area (Å²) in [5.74, 6) is -7.41. The van der Waals surface area contributed by atoms with Gasteiger partial charge in [-0.15, -0.1) is 0 Å². The highest BCUT2D eigenvalue weighted by atomic mass is 19.2. The Kier molecular flexibility index (Phi) is 4.71. The standard InChI is InChI=1S/C10H10F4O3/c1-15-7(16-2)4-17-10-8(13)5(11)3-6(12)9(10)14/h3,7H,4H2,1-2H3. The quantitative estimate of drug-likeness (QED) is 0.458. The Morgan fingerprint density at radius 2 is 1.47 bits per heavy atom. The van der Waals surface area contributed by atoms with Crippen LogP contribution in [0.5, 0.6) is 5.75 Å². The maximum atomic E-state index is 13.1. The monoisotopic (exact) mass is 254 g/mol. The van der Waals surface area contributed by atoms with Gasteiger partial charge in [-0.05, 0) is 0 Å². The molecule has 0 atom stereocenters. The van der Waals surface area contributed by atoms with Crippen molar-refractivity contribution in [2.24, 2.45) is 0 Å². The molecule has 0 unspecified atom stereocenters. The van der Waals surface area contributed by atoms with Gasteiger partial charge in [0, 0.05) is 20.3 Å². The van der Waals surface area contributed by atoms with Gasteiger partial charge in [-0.3, -0.25) is 0 Å². The van der Waals surface area contributed by atoms with E-state index in [-0.39, 0.29) is 6.07 Å². The van der Waals surface area contributed by atoms with Gasteiger partial charge < -0.3 is 14.2 Å². The molecule has 0 heterocycles. The Labute approximate surface area is 94.9 Å². The average Bonchev–Trinajstić information content (AvgIpc) is 2.31. The van der Waals surface area contributed by atoms with Gasteiger partial charge in [-0.2, -0.15) is 8.78 Å². The van der Waals surface area contributed by atoms with Crippen LogP contribution in [0.2, 0.25) is 0 Å². The van der Waals surface area contributed by atoms with Gasteiger partial charge in [0.1, 0.15) is 6.61 Å². The maximum absolute atomic E-state index is 13.1. The van der Waals surface area contributed by atoms with Gasteiger partial charge in [0.05, 0.1) is 0 Å². The molecule has 17 heavy (non-hydrogen) atoms. The lowest BCUT2D eigenvalue weighted by atomic mass is 10.3. The number of halogens is 4. The van der Waals surface area contributed by atoms with Gasteiger partial charge in [0.25, 0.3) is 0 Å². The van der Waals surface area contributed by atoms with Crippen LogP contribution >= 0.6 is 0 Å². The molecule has 1 rings (SSSR count). The van der Waals surface area contributed by atoms with Gasteiger partial charge in [-0.1, -0.05) is 0 Å². The van der Waals surface area contributed by atoms with Crippen molar-refractivity contribution in [3.63, 3.8) is 0 Å². The van der Waals surface area contributed by atoms with E-state index in [1.165, 1.54) is 14.2 Å². The summed E-state index contributed by atoms with van der Waals surface area (Å²) in [5.41, 5.74) is 0. The first-order chi connectivity index (χ1) is 8.01. The van der Waals surface area contributed by atoms with E-state index < -0.39 is 41.9 Å². The minimum atomic E-state index is -1.60. The number of hydrogen-bond donors (Lipinski definition) is 0. The molecule has 0 N–H and O–H groups in total. The van der Waals surface area contributed by atoms with Crippen LogP contribution in [0, 0.1) is 23.3 Å². The molecule has 0 saturated heterocycles. The van der Waals surface area contributed by atoms with Gasteiger partial charge in [0.15, 0.2) is 23.7 Å². The Morgan fingerprint density at radius 1 is 1.00 bits per heavy atom. The molecule has 0 saturated carbocycles. The highest BCUT2D eigenvalue weighted by molar-refractivity contribution is 5.28. The third-order valence-corrected chi connectivity index (χ3v) is 1.96. The third-order valence-electron chi connectivity index (χ3n) is 1.96. The van der Waals surface area contributed by atoms with E-state index >= 15 is 0 Å². The first kappa shape index (κ1) is 13.7. The number of methoxy groups -OCH3 is 2. The lowest BCUT2D eigenvalue weighted by Crippen LogP contribution is -2.23. The van der Waals surface area contributed by atoms with Crippen LogP contribution in [0.25, 0.3) is 0 Å². The van der Waals surface area contributed by atoms with Crippen LogP contribution in [-0.4, -0.2) is 27.1 Å². The summed E-state index contributed by atoms with van der Waals surface area (Å²) < 4.78 is 65.7. The largest absolute Gasteiger partial charge is 0.482 e. The molecular weight excluding hydrogens is 244 g/mol. The summed E-state index contributed by atoms with van der Waals surface area (Å²) in [6.07, 6.45) is -0.903. The predicted molar refractivity (Wildman–Crippen MR) is 49.6 cm³/mol. The van der Waals surface area contributed by atoms with Crippen molar-refractivity contribution in [3.8, 4) is 5.75 Å². The lowest BCUT2D eigenvalue weighted by molar-refractivity contribution is -0.122. The van der Waals surface area contributed by atoms with Crippen molar-refractivity contribution in [3.05, 3.63) is 29.3 Å². The summed E-state index contributed by atoms with van der Waals surface area (Å²) in [7, 11) is 2.55. The molecule has 0 bridgehead atoms. The fourth-order valence-electron chi connectivity index (χ4n) is 1.06. The second-order valence-corrected chi connectivity index (χ2v) is 3.01. The predicted octanol–water partition coefficient (Wildman–Crippen LogP) is 2.24. The molecule has 0 amide bonds. The Morgan fingerprint density at radius 3 is 1.88 bits per heavy atom. The SMILES string of the molecule is COC(COc1c(F)c(F)cc(F)c1F)OC. The lowest BCUT2D eigenvalue weighted by Gasteiger charge is -2.15. The highest BCUT2D eigenvalue weighted by Crippen LogP contribution is 2.26. The molecule has 0 fully saturated rings. The summed E-state index contributed by atoms with van der Waals surface area (Å²) in [6, 6.07) is 0.0989. The fraction of sp³-hybridized carbons (Fsp3) is 0.400. The fourth-order valence-corrected chi connectivity index (χ4v) is 1.06. The maximum Gasteiger partial charge on any atom is 0.203 e. The molecule has 1 aromatic carbocycles. The minimum absolute atomic E-state index is 0.0989. The van der Waals surface area contributed by atoms with Crippen LogP contribution in [0.1, 0.15) is 0 Å². The molecule has 7 heteroatoms. The van der Waals surface area contributed by atoms with Crippen molar-refractivity contribution in [2.45, 2.75) is 6.29 Å². The van der Waals surface area contributed by atoms with Crippen LogP contribution in [0.3, 0.4) is 0 Å². The molecule has 0 aromatic heterocycles. The van der Waals surface area contributed by atoms with E-state index in [4.69, 9.17) is 0 Å². The van der Waals surface area contributed by atoms with Crippen LogP contribution in [0.15, 0.2) is 6.07 Å². The molecule has 0 radical (unpaired) electrons. The molecule has 0 aliphatic rings. The molecule has 0 spiro atoms. The average molecular weight is 254 g/mol. The molecule has 1 aromatic rings. The number of hydrogen-bond acceptors (Lipinski definition) is 3. The number of benzene rings is 1. The Balaban J connectivity index is 2.90. The zero-order valence-electron chi connectivity index (χ0n) is 9.10. The number of ether oxygens (including phenoxy) is 3.